The van der Waals surface area contributed by atoms with E-state index in [1.54, 1.807) is 27.8 Å². The Labute approximate surface area is 243 Å². The molecule has 0 bridgehead atoms. The van der Waals surface area contributed by atoms with Gasteiger partial charge in [0.05, 0.1) is 23.6 Å². The second-order valence-corrected chi connectivity index (χ2v) is 13.5. The molecule has 2 atom stereocenters. The number of hydrogen-bond donors (Lipinski definition) is 6. The Morgan fingerprint density at radius 2 is 1.82 bits per heavy atom. The van der Waals surface area contributed by atoms with Crippen LogP contribution in [0.1, 0.15) is 52.4 Å². The second kappa shape index (κ2) is 14.3. The van der Waals surface area contributed by atoms with Crippen molar-refractivity contribution in [2.24, 2.45) is 0 Å². The predicted molar refractivity (Wildman–Crippen MR) is 168 cm³/mol. The molecule has 0 radical (unpaired) electrons. The zero-order valence-electron chi connectivity index (χ0n) is 23.3. The third-order valence-corrected chi connectivity index (χ3v) is 10.2. The van der Waals surface area contributed by atoms with Gasteiger partial charge in [-0.3, -0.25) is 18.2 Å². The van der Waals surface area contributed by atoms with Crippen LogP contribution in [0.5, 0.6) is 0 Å². The maximum Gasteiger partial charge on any atom is 0.251 e. The van der Waals surface area contributed by atoms with E-state index < -0.39 is 22.9 Å². The molecule has 0 aliphatic carbocycles. The zero-order valence-corrected chi connectivity index (χ0v) is 24.9. The van der Waals surface area contributed by atoms with Crippen LogP contribution in [0.25, 0.3) is 0 Å². The first-order valence-electron chi connectivity index (χ1n) is 14.0. The lowest BCUT2D eigenvalue weighted by molar-refractivity contribution is 0.0830. The van der Waals surface area contributed by atoms with Crippen molar-refractivity contribution in [1.29, 1.82) is 0 Å². The first kappa shape index (κ1) is 30.4. The van der Waals surface area contributed by atoms with E-state index in [0.29, 0.717) is 49.6 Å². The molecule has 10 heteroatoms. The SMILES string of the molecule is CCNc1cc(C(=O)N[C@@H](Cc2ccccc2)[C@@H](O)CNCc2ccc(CC)s2)cc(N2CCCCS2(O)O)c1. The molecule has 1 aromatic heterocycles. The fraction of sp³-hybridized carbons (Fsp3) is 0.433. The molecule has 40 heavy (non-hydrogen) atoms. The highest BCUT2D eigenvalue weighted by Gasteiger charge is 2.28. The minimum Gasteiger partial charge on any atom is -0.390 e. The first-order valence-corrected chi connectivity index (χ1v) is 16.5. The Hall–Kier alpha value is -2.60. The molecule has 1 aliphatic heterocycles. The summed E-state index contributed by atoms with van der Waals surface area (Å²) >= 11 is 1.76. The molecular formula is C30H42N4O4S2. The molecule has 4 rings (SSSR count). The van der Waals surface area contributed by atoms with Gasteiger partial charge in [-0.05, 0) is 68.5 Å². The number of amides is 1. The van der Waals surface area contributed by atoms with E-state index in [1.165, 1.54) is 9.75 Å². The molecule has 1 fully saturated rings. The molecule has 3 aromatic rings. The standard InChI is InChI=1S/C30H42N4O4S2/c1-3-26-12-13-27(39-26)20-31-21-29(35)28(16-22-10-6-5-7-11-22)33-30(36)23-17-24(32-4-2)19-25(18-23)34-14-8-9-15-40(34,37)38/h5-7,10-13,17-19,28-29,31-32,35,37-38H,3-4,8-9,14-16,20-21H2,1-2H3,(H,33,36)/t28-,29-/m0/s1. The van der Waals surface area contributed by atoms with Crippen LogP contribution in [0.15, 0.2) is 60.7 Å². The van der Waals surface area contributed by atoms with Gasteiger partial charge in [0.2, 0.25) is 0 Å². The van der Waals surface area contributed by atoms with Crippen molar-refractivity contribution in [2.45, 2.75) is 58.2 Å². The topological polar surface area (TPSA) is 117 Å². The Morgan fingerprint density at radius 1 is 1.05 bits per heavy atom. The average molecular weight is 587 g/mol. The van der Waals surface area contributed by atoms with E-state index in [1.807, 2.05) is 43.3 Å². The van der Waals surface area contributed by atoms with Gasteiger partial charge in [0.25, 0.3) is 5.91 Å². The maximum atomic E-state index is 13.6. The van der Waals surface area contributed by atoms with Gasteiger partial charge in [0.1, 0.15) is 0 Å². The van der Waals surface area contributed by atoms with Gasteiger partial charge in [0.15, 0.2) is 0 Å². The van der Waals surface area contributed by atoms with Gasteiger partial charge in [-0.25, -0.2) is 0 Å². The summed E-state index contributed by atoms with van der Waals surface area (Å²) in [6, 6.07) is 18.9. The summed E-state index contributed by atoms with van der Waals surface area (Å²) in [7, 11) is -2.94. The van der Waals surface area contributed by atoms with Crippen molar-refractivity contribution in [3.63, 3.8) is 0 Å². The molecule has 2 aromatic carbocycles. The number of aryl methyl sites for hydroxylation is 1. The summed E-state index contributed by atoms with van der Waals surface area (Å²) in [6.07, 6.45) is 2.28. The van der Waals surface area contributed by atoms with E-state index in [9.17, 15) is 19.0 Å². The number of anilines is 2. The van der Waals surface area contributed by atoms with Gasteiger partial charge in [0, 0.05) is 47.2 Å². The Balaban J connectivity index is 1.52. The third kappa shape index (κ3) is 8.22. The summed E-state index contributed by atoms with van der Waals surface area (Å²) in [5, 5.41) is 20.9. The van der Waals surface area contributed by atoms with Gasteiger partial charge in [-0.15, -0.1) is 22.1 Å². The highest BCUT2D eigenvalue weighted by molar-refractivity contribution is 8.25. The summed E-state index contributed by atoms with van der Waals surface area (Å²) in [5.74, 6) is 0.00380. The van der Waals surface area contributed by atoms with Crippen LogP contribution in [0, 0.1) is 0 Å². The number of aliphatic hydroxyl groups is 1. The largest absolute Gasteiger partial charge is 0.390 e. The molecule has 1 saturated heterocycles. The Kier molecular flexibility index (Phi) is 10.9. The maximum absolute atomic E-state index is 13.6. The van der Waals surface area contributed by atoms with E-state index in [-0.39, 0.29) is 5.91 Å². The highest BCUT2D eigenvalue weighted by atomic mass is 32.3. The molecule has 218 valence electrons. The summed E-state index contributed by atoms with van der Waals surface area (Å²) in [5.41, 5.74) is 2.75. The lowest BCUT2D eigenvalue weighted by atomic mass is 10.00. The summed E-state index contributed by atoms with van der Waals surface area (Å²) < 4.78 is 23.0. The quantitative estimate of drug-likeness (QED) is 0.157. The van der Waals surface area contributed by atoms with E-state index in [2.05, 4.69) is 35.0 Å². The van der Waals surface area contributed by atoms with Crippen LogP contribution < -0.4 is 20.3 Å². The molecule has 0 spiro atoms. The molecule has 2 heterocycles. The molecule has 6 N–H and O–H groups in total. The van der Waals surface area contributed by atoms with Crippen LogP contribution in [-0.4, -0.2) is 57.7 Å². The van der Waals surface area contributed by atoms with Crippen molar-refractivity contribution in [2.75, 3.05) is 35.0 Å². The first-order chi connectivity index (χ1) is 19.3. The van der Waals surface area contributed by atoms with Crippen molar-refractivity contribution in [1.82, 2.24) is 10.6 Å². The number of hydrogen-bond acceptors (Lipinski definition) is 8. The molecule has 8 nitrogen and oxygen atoms in total. The zero-order chi connectivity index (χ0) is 28.5. The van der Waals surface area contributed by atoms with Gasteiger partial charge in [-0.2, -0.15) is 0 Å². The Morgan fingerprint density at radius 3 is 2.52 bits per heavy atom. The second-order valence-electron chi connectivity index (χ2n) is 10.1. The highest BCUT2D eigenvalue weighted by Crippen LogP contribution is 2.50. The number of thiophene rings is 1. The van der Waals surface area contributed by atoms with Crippen LogP contribution in [0.4, 0.5) is 11.4 Å². The number of nitrogens with one attached hydrogen (secondary N) is 3. The number of carbonyl (C=O) groups is 1. The summed E-state index contributed by atoms with van der Waals surface area (Å²) in [4.78, 5) is 16.2. The summed E-state index contributed by atoms with van der Waals surface area (Å²) in [6.45, 7) is 6.27. The minimum atomic E-state index is -2.94. The van der Waals surface area contributed by atoms with Crippen LogP contribution in [0.2, 0.25) is 0 Å². The van der Waals surface area contributed by atoms with Gasteiger partial charge >= 0.3 is 0 Å². The minimum absolute atomic E-state index is 0.319. The van der Waals surface area contributed by atoms with Crippen LogP contribution in [-0.2, 0) is 19.4 Å². The number of carbonyl (C=O) groups excluding carboxylic acids is 1. The number of aliphatic hydroxyl groups excluding tert-OH is 1. The smallest absolute Gasteiger partial charge is 0.251 e. The van der Waals surface area contributed by atoms with Crippen LogP contribution >= 0.6 is 22.1 Å². The number of nitrogens with zero attached hydrogens (tertiary/aromatic N) is 1. The van der Waals surface area contributed by atoms with E-state index >= 15 is 0 Å². The molecule has 0 unspecified atom stereocenters. The fourth-order valence-electron chi connectivity index (χ4n) is 4.89. The molecule has 1 aliphatic rings. The number of benzene rings is 2. The molecule has 1 amide bonds. The molecule has 0 saturated carbocycles. The van der Waals surface area contributed by atoms with E-state index in [0.717, 1.165) is 30.5 Å². The van der Waals surface area contributed by atoms with E-state index in [4.69, 9.17) is 0 Å². The van der Waals surface area contributed by atoms with Crippen molar-refractivity contribution < 1.29 is 19.0 Å². The lowest BCUT2D eigenvalue weighted by Crippen LogP contribution is -2.48. The van der Waals surface area contributed by atoms with Crippen molar-refractivity contribution >= 4 is 39.4 Å². The lowest BCUT2D eigenvalue weighted by Gasteiger charge is -2.47. The monoisotopic (exact) mass is 586 g/mol. The number of rotatable bonds is 13. The Bertz CT molecular complexity index is 1240. The van der Waals surface area contributed by atoms with Crippen LogP contribution in [0.3, 0.4) is 0 Å². The fourth-order valence-corrected chi connectivity index (χ4v) is 7.50. The van der Waals surface area contributed by atoms with Crippen molar-refractivity contribution in [3.05, 3.63) is 81.5 Å². The average Bonchev–Trinajstić information content (AvgIpc) is 3.41. The molecular weight excluding hydrogens is 544 g/mol. The third-order valence-electron chi connectivity index (χ3n) is 7.03. The normalized spacial score (nSPS) is 17.2. The van der Waals surface area contributed by atoms with Gasteiger partial charge in [-0.1, -0.05) is 37.3 Å². The predicted octanol–water partition coefficient (Wildman–Crippen LogP) is 5.50. The van der Waals surface area contributed by atoms with Crippen molar-refractivity contribution in [3.8, 4) is 0 Å². The van der Waals surface area contributed by atoms with Gasteiger partial charge < -0.3 is 21.1 Å².